The van der Waals surface area contributed by atoms with E-state index >= 15 is 0 Å². The molecule has 3 atom stereocenters. The second kappa shape index (κ2) is 9.03. The van der Waals surface area contributed by atoms with Gasteiger partial charge in [0.15, 0.2) is 0 Å². The third-order valence-corrected chi connectivity index (χ3v) is 5.75. The van der Waals surface area contributed by atoms with Crippen LogP contribution in [0, 0.1) is 17.8 Å². The van der Waals surface area contributed by atoms with E-state index in [1.54, 1.807) is 6.92 Å². The zero-order valence-corrected chi connectivity index (χ0v) is 15.3. The summed E-state index contributed by atoms with van der Waals surface area (Å²) in [6.07, 6.45) is 8.49. The average molecular weight is 325 g/mol. The molecular weight excluding hydrogens is 288 g/mol. The van der Waals surface area contributed by atoms with Crippen LogP contribution >= 0.6 is 0 Å². The number of hydrogen-bond acceptors (Lipinski definition) is 3. The molecule has 1 heterocycles. The Labute approximate surface area is 142 Å². The van der Waals surface area contributed by atoms with E-state index in [2.05, 4.69) is 19.2 Å². The zero-order valence-electron chi connectivity index (χ0n) is 15.3. The zero-order chi connectivity index (χ0) is 16.8. The quantitative estimate of drug-likeness (QED) is 0.790. The first-order valence-corrected chi connectivity index (χ1v) is 9.62. The van der Waals surface area contributed by atoms with E-state index in [4.69, 9.17) is 0 Å². The number of carbonyl (C=O) groups is 1. The SMILES string of the molecule is CC(=O)N1CC(CC(O)C(C)C)CC(NCC2CCCCC2)C1. The predicted octanol–water partition coefficient (Wildman–Crippen LogP) is 2.80. The minimum atomic E-state index is -0.258. The van der Waals surface area contributed by atoms with Gasteiger partial charge in [0.25, 0.3) is 0 Å². The summed E-state index contributed by atoms with van der Waals surface area (Å²) in [7, 11) is 0. The van der Waals surface area contributed by atoms with Crippen molar-refractivity contribution in [2.24, 2.45) is 17.8 Å². The van der Waals surface area contributed by atoms with Crippen molar-refractivity contribution in [3.63, 3.8) is 0 Å². The van der Waals surface area contributed by atoms with Crippen LogP contribution in [0.5, 0.6) is 0 Å². The molecule has 0 bridgehead atoms. The molecule has 3 unspecified atom stereocenters. The van der Waals surface area contributed by atoms with Gasteiger partial charge in [0, 0.05) is 26.1 Å². The lowest BCUT2D eigenvalue weighted by Gasteiger charge is -2.39. The van der Waals surface area contributed by atoms with Crippen LogP contribution in [0.1, 0.15) is 65.7 Å². The van der Waals surface area contributed by atoms with E-state index in [0.717, 1.165) is 38.4 Å². The highest BCUT2D eigenvalue weighted by atomic mass is 16.3. The largest absolute Gasteiger partial charge is 0.393 e. The van der Waals surface area contributed by atoms with Crippen molar-refractivity contribution in [1.82, 2.24) is 10.2 Å². The highest BCUT2D eigenvalue weighted by Crippen LogP contribution is 2.26. The van der Waals surface area contributed by atoms with Crippen LogP contribution in [0.4, 0.5) is 0 Å². The molecule has 1 saturated carbocycles. The molecule has 4 heteroatoms. The summed E-state index contributed by atoms with van der Waals surface area (Å²) in [5.41, 5.74) is 0. The first-order chi connectivity index (χ1) is 11.0. The molecule has 2 rings (SSSR count). The van der Waals surface area contributed by atoms with E-state index in [-0.39, 0.29) is 17.9 Å². The Hall–Kier alpha value is -0.610. The van der Waals surface area contributed by atoms with Crippen LogP contribution in [0.3, 0.4) is 0 Å². The van der Waals surface area contributed by atoms with E-state index in [1.165, 1.54) is 32.1 Å². The summed E-state index contributed by atoms with van der Waals surface area (Å²) >= 11 is 0. The number of nitrogens with one attached hydrogen (secondary N) is 1. The van der Waals surface area contributed by atoms with Crippen molar-refractivity contribution < 1.29 is 9.90 Å². The van der Waals surface area contributed by atoms with Crippen molar-refractivity contribution >= 4 is 5.91 Å². The Kier molecular flexibility index (Phi) is 7.35. The van der Waals surface area contributed by atoms with Gasteiger partial charge in [-0.25, -0.2) is 0 Å². The molecule has 0 aromatic rings. The molecule has 2 N–H and O–H groups in total. The predicted molar refractivity (Wildman–Crippen MR) is 94.2 cm³/mol. The van der Waals surface area contributed by atoms with Gasteiger partial charge in [-0.3, -0.25) is 4.79 Å². The smallest absolute Gasteiger partial charge is 0.219 e. The number of piperidine rings is 1. The normalized spacial score (nSPS) is 28.1. The fourth-order valence-corrected chi connectivity index (χ4v) is 4.12. The van der Waals surface area contributed by atoms with Gasteiger partial charge in [0.1, 0.15) is 0 Å². The van der Waals surface area contributed by atoms with Gasteiger partial charge in [-0.2, -0.15) is 0 Å². The summed E-state index contributed by atoms with van der Waals surface area (Å²) in [4.78, 5) is 13.8. The number of nitrogens with zero attached hydrogens (tertiary/aromatic N) is 1. The molecule has 0 radical (unpaired) electrons. The highest BCUT2D eigenvalue weighted by molar-refractivity contribution is 5.73. The second-order valence-electron chi connectivity index (χ2n) is 8.18. The number of likely N-dealkylation sites (tertiary alicyclic amines) is 1. The van der Waals surface area contributed by atoms with E-state index in [0.29, 0.717) is 12.0 Å². The second-order valence-corrected chi connectivity index (χ2v) is 8.18. The number of aliphatic hydroxyl groups is 1. The molecule has 1 amide bonds. The monoisotopic (exact) mass is 324 g/mol. The van der Waals surface area contributed by atoms with Gasteiger partial charge in [-0.1, -0.05) is 33.1 Å². The standard InChI is InChI=1S/C19H36N2O2/c1-14(2)19(23)10-17-9-18(13-21(12-17)15(3)22)20-11-16-7-5-4-6-8-16/h14,16-20,23H,4-13H2,1-3H3. The van der Waals surface area contributed by atoms with Crippen molar-refractivity contribution in [2.75, 3.05) is 19.6 Å². The molecule has 0 aromatic carbocycles. The van der Waals surface area contributed by atoms with Crippen molar-refractivity contribution in [1.29, 1.82) is 0 Å². The molecule has 1 aliphatic heterocycles. The number of rotatable bonds is 6. The summed E-state index contributed by atoms with van der Waals surface area (Å²) in [6, 6.07) is 0.388. The summed E-state index contributed by atoms with van der Waals surface area (Å²) < 4.78 is 0. The third kappa shape index (κ3) is 6.07. The third-order valence-electron chi connectivity index (χ3n) is 5.75. The lowest BCUT2D eigenvalue weighted by atomic mass is 9.85. The van der Waals surface area contributed by atoms with E-state index in [9.17, 15) is 9.90 Å². The molecule has 0 spiro atoms. The van der Waals surface area contributed by atoms with Crippen LogP contribution in [-0.4, -0.2) is 47.7 Å². The molecule has 134 valence electrons. The summed E-state index contributed by atoms with van der Waals surface area (Å²) in [5, 5.41) is 13.9. The highest BCUT2D eigenvalue weighted by Gasteiger charge is 2.30. The maximum absolute atomic E-state index is 11.9. The number of aliphatic hydroxyl groups excluding tert-OH is 1. The van der Waals surface area contributed by atoms with Crippen LogP contribution in [0.2, 0.25) is 0 Å². The van der Waals surface area contributed by atoms with Crippen LogP contribution < -0.4 is 5.32 Å². The molecule has 23 heavy (non-hydrogen) atoms. The Balaban J connectivity index is 1.85. The Morgan fingerprint density at radius 2 is 1.87 bits per heavy atom. The number of amides is 1. The van der Waals surface area contributed by atoms with Gasteiger partial charge in [-0.05, 0) is 50.0 Å². The first kappa shape index (κ1) is 18.7. The van der Waals surface area contributed by atoms with Gasteiger partial charge in [-0.15, -0.1) is 0 Å². The maximum atomic E-state index is 11.9. The maximum Gasteiger partial charge on any atom is 0.219 e. The van der Waals surface area contributed by atoms with Gasteiger partial charge < -0.3 is 15.3 Å². The fourth-order valence-electron chi connectivity index (χ4n) is 4.12. The summed E-state index contributed by atoms with van der Waals surface area (Å²) in [6.45, 7) is 8.52. The topological polar surface area (TPSA) is 52.6 Å². The molecular formula is C19H36N2O2. The Morgan fingerprint density at radius 3 is 2.48 bits per heavy atom. The van der Waals surface area contributed by atoms with Gasteiger partial charge in [0.2, 0.25) is 5.91 Å². The van der Waals surface area contributed by atoms with Crippen LogP contribution in [0.25, 0.3) is 0 Å². The summed E-state index contributed by atoms with van der Waals surface area (Å²) in [5.74, 6) is 1.68. The fraction of sp³-hybridized carbons (Fsp3) is 0.947. The Bertz CT molecular complexity index is 366. The van der Waals surface area contributed by atoms with Crippen molar-refractivity contribution in [2.45, 2.75) is 77.9 Å². The molecule has 2 fully saturated rings. The molecule has 1 aliphatic carbocycles. The van der Waals surface area contributed by atoms with Crippen molar-refractivity contribution in [3.8, 4) is 0 Å². The minimum absolute atomic E-state index is 0.165. The number of carbonyl (C=O) groups excluding carboxylic acids is 1. The van der Waals surface area contributed by atoms with Gasteiger partial charge >= 0.3 is 0 Å². The van der Waals surface area contributed by atoms with E-state index in [1.807, 2.05) is 4.90 Å². The lowest BCUT2D eigenvalue weighted by molar-refractivity contribution is -0.131. The minimum Gasteiger partial charge on any atom is -0.393 e. The number of hydrogen-bond donors (Lipinski definition) is 2. The molecule has 2 aliphatic rings. The van der Waals surface area contributed by atoms with Gasteiger partial charge in [0.05, 0.1) is 6.10 Å². The molecule has 4 nitrogen and oxygen atoms in total. The van der Waals surface area contributed by atoms with E-state index < -0.39 is 0 Å². The van der Waals surface area contributed by atoms with Crippen LogP contribution in [0.15, 0.2) is 0 Å². The van der Waals surface area contributed by atoms with Crippen molar-refractivity contribution in [3.05, 3.63) is 0 Å². The average Bonchev–Trinajstić information content (AvgIpc) is 2.53. The molecule has 1 saturated heterocycles. The molecule has 0 aromatic heterocycles. The van der Waals surface area contributed by atoms with Crippen LogP contribution in [-0.2, 0) is 4.79 Å². The lowest BCUT2D eigenvalue weighted by Crippen LogP contribution is -2.52. The Morgan fingerprint density at radius 1 is 1.17 bits per heavy atom. The first-order valence-electron chi connectivity index (χ1n) is 9.62.